The molecule has 0 saturated heterocycles. The minimum atomic E-state index is -0.762. The second-order valence-corrected chi connectivity index (χ2v) is 21.5. The fourth-order valence-electron chi connectivity index (χ4n) is 9.46. The summed E-state index contributed by atoms with van der Waals surface area (Å²) < 4.78 is 16.9. The van der Waals surface area contributed by atoms with Crippen molar-refractivity contribution in [3.8, 4) is 0 Å². The maximum Gasteiger partial charge on any atom is 0.306 e. The van der Waals surface area contributed by atoms with Crippen LogP contribution in [0, 0.1) is 5.92 Å². The summed E-state index contributed by atoms with van der Waals surface area (Å²) in [6.45, 7) is 9.06. The van der Waals surface area contributed by atoms with E-state index >= 15 is 0 Å². The zero-order chi connectivity index (χ0) is 48.8. The quantitative estimate of drug-likeness (QED) is 0.0343. The van der Waals surface area contributed by atoms with Gasteiger partial charge in [-0.25, -0.2) is 0 Å². The van der Waals surface area contributed by atoms with Gasteiger partial charge >= 0.3 is 17.9 Å². The monoisotopic (exact) mass is 947 g/mol. The molecule has 0 aromatic rings. The van der Waals surface area contributed by atoms with Crippen molar-refractivity contribution in [2.45, 2.75) is 355 Å². The molecule has 0 rings (SSSR count). The van der Waals surface area contributed by atoms with Crippen molar-refractivity contribution in [3.05, 3.63) is 0 Å². The van der Waals surface area contributed by atoms with Crippen molar-refractivity contribution in [1.29, 1.82) is 0 Å². The molecule has 0 unspecified atom stereocenters. The fourth-order valence-corrected chi connectivity index (χ4v) is 9.46. The van der Waals surface area contributed by atoms with Crippen molar-refractivity contribution >= 4 is 17.9 Å². The Morgan fingerprint density at radius 1 is 0.284 bits per heavy atom. The summed E-state index contributed by atoms with van der Waals surface area (Å²) in [4.78, 5) is 38.2. The van der Waals surface area contributed by atoms with E-state index in [0.717, 1.165) is 63.7 Å². The first kappa shape index (κ1) is 65.4. The largest absolute Gasteiger partial charge is 0.462 e. The van der Waals surface area contributed by atoms with Gasteiger partial charge < -0.3 is 14.2 Å². The lowest BCUT2D eigenvalue weighted by Gasteiger charge is -2.18. The summed E-state index contributed by atoms with van der Waals surface area (Å²) in [6.07, 6.45) is 61.0. The van der Waals surface area contributed by atoms with Crippen LogP contribution >= 0.6 is 0 Å². The van der Waals surface area contributed by atoms with Crippen LogP contribution < -0.4 is 0 Å². The molecular weight excluding hydrogens is 829 g/mol. The first-order valence-corrected chi connectivity index (χ1v) is 30.4. The summed E-state index contributed by atoms with van der Waals surface area (Å²) in [5, 5.41) is 0. The maximum atomic E-state index is 12.9. The smallest absolute Gasteiger partial charge is 0.306 e. The van der Waals surface area contributed by atoms with Gasteiger partial charge in [0.05, 0.1) is 0 Å². The third-order valence-corrected chi connectivity index (χ3v) is 14.0. The number of carbonyl (C=O) groups is 3. The molecule has 0 saturated carbocycles. The highest BCUT2D eigenvalue weighted by atomic mass is 16.6. The average Bonchev–Trinajstić information content (AvgIpc) is 3.31. The Morgan fingerprint density at radius 3 is 0.731 bits per heavy atom. The Labute approximate surface area is 418 Å². The van der Waals surface area contributed by atoms with E-state index in [4.69, 9.17) is 14.2 Å². The Hall–Kier alpha value is -1.59. The first-order valence-electron chi connectivity index (χ1n) is 30.4. The third kappa shape index (κ3) is 55.2. The number of esters is 3. The van der Waals surface area contributed by atoms with Gasteiger partial charge in [-0.05, 0) is 25.2 Å². The van der Waals surface area contributed by atoms with E-state index in [-0.39, 0.29) is 31.1 Å². The molecule has 0 aliphatic heterocycles. The molecule has 6 heteroatoms. The lowest BCUT2D eigenvalue weighted by molar-refractivity contribution is -0.167. The first-order chi connectivity index (χ1) is 32.9. The predicted octanol–water partition coefficient (Wildman–Crippen LogP) is 20.2. The molecule has 398 valence electrons. The second kappa shape index (κ2) is 55.3. The van der Waals surface area contributed by atoms with Gasteiger partial charge in [-0.2, -0.15) is 0 Å². The van der Waals surface area contributed by atoms with Gasteiger partial charge in [0.25, 0.3) is 0 Å². The minimum Gasteiger partial charge on any atom is -0.462 e. The van der Waals surface area contributed by atoms with Crippen LogP contribution in [0.1, 0.15) is 349 Å². The van der Waals surface area contributed by atoms with Gasteiger partial charge in [0.2, 0.25) is 0 Å². The van der Waals surface area contributed by atoms with Crippen molar-refractivity contribution in [1.82, 2.24) is 0 Å². The molecule has 0 aromatic carbocycles. The van der Waals surface area contributed by atoms with Crippen LogP contribution in [0.15, 0.2) is 0 Å². The standard InChI is InChI=1S/C61H118O6/c1-5-7-9-11-13-15-17-19-21-23-24-26-28-30-32-38-42-46-50-54-61(64)67-58(56-66-60(63)53-49-45-41-37-34-33-35-39-43-47-51-57(3)4)55-65-59(62)52-48-44-40-36-31-29-27-25-22-20-18-16-14-12-10-8-6-2/h57-58H,5-56H2,1-4H3/t58-/m1/s1. The molecule has 0 N–H and O–H groups in total. The number of unbranched alkanes of at least 4 members (excludes halogenated alkanes) is 43. The highest BCUT2D eigenvalue weighted by molar-refractivity contribution is 5.71. The Bertz CT molecular complexity index is 1010. The van der Waals surface area contributed by atoms with Crippen LogP contribution in [0.2, 0.25) is 0 Å². The highest BCUT2D eigenvalue weighted by Gasteiger charge is 2.19. The van der Waals surface area contributed by atoms with Crippen molar-refractivity contribution < 1.29 is 28.6 Å². The van der Waals surface area contributed by atoms with Crippen molar-refractivity contribution in [3.63, 3.8) is 0 Å². The number of hydrogen-bond donors (Lipinski definition) is 0. The minimum absolute atomic E-state index is 0.0618. The van der Waals surface area contributed by atoms with E-state index in [2.05, 4.69) is 27.7 Å². The molecular formula is C61H118O6. The average molecular weight is 948 g/mol. The topological polar surface area (TPSA) is 78.9 Å². The molecule has 0 fully saturated rings. The van der Waals surface area contributed by atoms with Crippen LogP contribution in [0.25, 0.3) is 0 Å². The molecule has 1 atom stereocenters. The fraction of sp³-hybridized carbons (Fsp3) is 0.951. The Kier molecular flexibility index (Phi) is 54.0. The van der Waals surface area contributed by atoms with Crippen LogP contribution in [0.5, 0.6) is 0 Å². The number of rotatable bonds is 56. The molecule has 0 aromatic heterocycles. The van der Waals surface area contributed by atoms with Gasteiger partial charge in [-0.3, -0.25) is 14.4 Å². The van der Waals surface area contributed by atoms with E-state index in [1.165, 1.54) is 244 Å². The van der Waals surface area contributed by atoms with Gasteiger partial charge in [0.15, 0.2) is 6.10 Å². The second-order valence-electron chi connectivity index (χ2n) is 21.5. The molecule has 0 aliphatic rings. The van der Waals surface area contributed by atoms with E-state index in [9.17, 15) is 14.4 Å². The van der Waals surface area contributed by atoms with Gasteiger partial charge in [0, 0.05) is 19.3 Å². The van der Waals surface area contributed by atoms with E-state index in [1.54, 1.807) is 0 Å². The summed E-state index contributed by atoms with van der Waals surface area (Å²) in [5.74, 6) is -0.0146. The summed E-state index contributed by atoms with van der Waals surface area (Å²) in [7, 11) is 0. The van der Waals surface area contributed by atoms with E-state index in [0.29, 0.717) is 19.3 Å². The molecule has 0 amide bonds. The van der Waals surface area contributed by atoms with Crippen LogP contribution in [-0.2, 0) is 28.6 Å². The maximum absolute atomic E-state index is 12.9. The predicted molar refractivity (Wildman–Crippen MR) is 289 cm³/mol. The molecule has 0 heterocycles. The van der Waals surface area contributed by atoms with Crippen molar-refractivity contribution in [2.24, 2.45) is 5.92 Å². The number of carbonyl (C=O) groups excluding carboxylic acids is 3. The lowest BCUT2D eigenvalue weighted by Crippen LogP contribution is -2.30. The lowest BCUT2D eigenvalue weighted by atomic mass is 10.0. The van der Waals surface area contributed by atoms with Crippen LogP contribution in [-0.4, -0.2) is 37.2 Å². The SMILES string of the molecule is CCCCCCCCCCCCCCCCCCCCCC(=O)O[C@H](COC(=O)CCCCCCCCCCCCCCCCCCC)COC(=O)CCCCCCCCCCCCC(C)C. The van der Waals surface area contributed by atoms with Gasteiger partial charge in [-0.15, -0.1) is 0 Å². The molecule has 0 spiro atoms. The third-order valence-electron chi connectivity index (χ3n) is 14.0. The number of ether oxygens (including phenoxy) is 3. The molecule has 0 aliphatic carbocycles. The molecule has 0 bridgehead atoms. The van der Waals surface area contributed by atoms with E-state index < -0.39 is 6.10 Å². The number of hydrogen-bond acceptors (Lipinski definition) is 6. The molecule has 67 heavy (non-hydrogen) atoms. The van der Waals surface area contributed by atoms with Gasteiger partial charge in [0.1, 0.15) is 13.2 Å². The summed E-state index contributed by atoms with van der Waals surface area (Å²) in [5.41, 5.74) is 0. The summed E-state index contributed by atoms with van der Waals surface area (Å²) in [6, 6.07) is 0. The Balaban J connectivity index is 4.27. The van der Waals surface area contributed by atoms with Crippen LogP contribution in [0.3, 0.4) is 0 Å². The Morgan fingerprint density at radius 2 is 0.493 bits per heavy atom. The normalized spacial score (nSPS) is 12.0. The zero-order valence-electron chi connectivity index (χ0n) is 45.9. The zero-order valence-corrected chi connectivity index (χ0v) is 45.9. The van der Waals surface area contributed by atoms with Gasteiger partial charge in [-0.1, -0.05) is 310 Å². The molecule has 0 radical (unpaired) electrons. The molecule has 6 nitrogen and oxygen atoms in total. The van der Waals surface area contributed by atoms with Crippen LogP contribution in [0.4, 0.5) is 0 Å². The summed E-state index contributed by atoms with van der Waals surface area (Å²) >= 11 is 0. The highest BCUT2D eigenvalue weighted by Crippen LogP contribution is 2.18. The van der Waals surface area contributed by atoms with E-state index in [1.807, 2.05) is 0 Å². The van der Waals surface area contributed by atoms with Crippen molar-refractivity contribution in [2.75, 3.05) is 13.2 Å².